The van der Waals surface area contributed by atoms with E-state index in [-0.39, 0.29) is 5.41 Å². The van der Waals surface area contributed by atoms with Gasteiger partial charge in [0.2, 0.25) is 0 Å². The fraction of sp³-hybridized carbons (Fsp3) is 0.667. The molecule has 3 atom stereocenters. The topological polar surface area (TPSA) is 35.2 Å². The first-order valence-corrected chi connectivity index (χ1v) is 6.63. The minimum absolute atomic E-state index is 0.240. The zero-order valence-electron chi connectivity index (χ0n) is 8.82. The number of thiophene rings is 1. The van der Waals surface area contributed by atoms with Gasteiger partial charge in [-0.25, -0.2) is 0 Å². The second-order valence-corrected chi connectivity index (χ2v) is 5.68. The lowest BCUT2D eigenvalue weighted by Crippen LogP contribution is -2.41. The number of fused-ring (bicyclic) bond motifs is 2. The van der Waals surface area contributed by atoms with Crippen LogP contribution in [0.2, 0.25) is 0 Å². The van der Waals surface area contributed by atoms with Crippen LogP contribution in [0.25, 0.3) is 0 Å². The van der Waals surface area contributed by atoms with Gasteiger partial charge in [0, 0.05) is 12.0 Å². The van der Waals surface area contributed by atoms with Crippen molar-refractivity contribution in [3.63, 3.8) is 0 Å². The highest BCUT2D eigenvalue weighted by molar-refractivity contribution is 7.07. The average Bonchev–Trinajstić information content (AvgIpc) is 2.93. The van der Waals surface area contributed by atoms with Crippen molar-refractivity contribution in [3.8, 4) is 0 Å². The summed E-state index contributed by atoms with van der Waals surface area (Å²) >= 11 is 1.77. The van der Waals surface area contributed by atoms with Crippen LogP contribution in [0.5, 0.6) is 0 Å². The van der Waals surface area contributed by atoms with E-state index in [2.05, 4.69) is 16.8 Å². The number of hydrogen-bond donors (Lipinski definition) is 1. The summed E-state index contributed by atoms with van der Waals surface area (Å²) in [4.78, 5) is 0. The van der Waals surface area contributed by atoms with Gasteiger partial charge in [0.05, 0.1) is 12.2 Å². The monoisotopic (exact) mass is 223 g/mol. The van der Waals surface area contributed by atoms with Crippen LogP contribution < -0.4 is 5.73 Å². The molecule has 1 aromatic heterocycles. The molecule has 3 unspecified atom stereocenters. The smallest absolute Gasteiger partial charge is 0.0652 e. The van der Waals surface area contributed by atoms with Crippen LogP contribution in [0, 0.1) is 5.41 Å². The molecule has 1 aromatic rings. The molecule has 3 heteroatoms. The Balaban J connectivity index is 1.82. The van der Waals surface area contributed by atoms with Crippen molar-refractivity contribution in [1.29, 1.82) is 0 Å². The molecule has 2 N–H and O–H groups in total. The summed E-state index contributed by atoms with van der Waals surface area (Å²) in [5.74, 6) is 0. The lowest BCUT2D eigenvalue weighted by Gasteiger charge is -2.33. The molecule has 2 bridgehead atoms. The van der Waals surface area contributed by atoms with Crippen LogP contribution in [-0.4, -0.2) is 18.8 Å². The van der Waals surface area contributed by atoms with Crippen LogP contribution >= 0.6 is 11.3 Å². The largest absolute Gasteiger partial charge is 0.374 e. The number of nitrogens with two attached hydrogens (primary N) is 1. The summed E-state index contributed by atoms with van der Waals surface area (Å²) in [5, 5.41) is 4.39. The van der Waals surface area contributed by atoms with Gasteiger partial charge in [-0.05, 0) is 48.1 Å². The van der Waals surface area contributed by atoms with Gasteiger partial charge in [-0.3, -0.25) is 0 Å². The highest BCUT2D eigenvalue weighted by Crippen LogP contribution is 2.49. The van der Waals surface area contributed by atoms with E-state index < -0.39 is 0 Å². The van der Waals surface area contributed by atoms with Crippen molar-refractivity contribution in [2.24, 2.45) is 11.1 Å². The molecule has 0 saturated carbocycles. The van der Waals surface area contributed by atoms with Gasteiger partial charge in [0.25, 0.3) is 0 Å². The molecule has 0 amide bonds. The molecular formula is C12H17NOS. The molecule has 2 aliphatic rings. The van der Waals surface area contributed by atoms with Crippen LogP contribution in [0.3, 0.4) is 0 Å². The van der Waals surface area contributed by atoms with E-state index >= 15 is 0 Å². The van der Waals surface area contributed by atoms with E-state index in [4.69, 9.17) is 10.5 Å². The van der Waals surface area contributed by atoms with Gasteiger partial charge in [0.1, 0.15) is 0 Å². The molecule has 3 rings (SSSR count). The predicted octanol–water partition coefficient (Wildman–Crippen LogP) is 2.19. The molecule has 15 heavy (non-hydrogen) atoms. The first-order chi connectivity index (χ1) is 7.32. The van der Waals surface area contributed by atoms with Crippen LogP contribution in [0.1, 0.15) is 24.8 Å². The molecule has 0 aromatic carbocycles. The zero-order chi connectivity index (χ0) is 10.3. The first kappa shape index (κ1) is 9.82. The maximum absolute atomic E-state index is 6.00. The van der Waals surface area contributed by atoms with E-state index in [1.165, 1.54) is 24.8 Å². The van der Waals surface area contributed by atoms with E-state index in [0.717, 1.165) is 13.0 Å². The summed E-state index contributed by atoms with van der Waals surface area (Å²) in [7, 11) is 0. The number of hydrogen-bond acceptors (Lipinski definition) is 3. The van der Waals surface area contributed by atoms with Crippen molar-refractivity contribution in [1.82, 2.24) is 0 Å². The molecule has 82 valence electrons. The van der Waals surface area contributed by atoms with Gasteiger partial charge < -0.3 is 10.5 Å². The maximum Gasteiger partial charge on any atom is 0.0652 e. The third-order valence-electron chi connectivity index (χ3n) is 3.97. The van der Waals surface area contributed by atoms with Crippen molar-refractivity contribution in [2.45, 2.75) is 37.9 Å². The van der Waals surface area contributed by atoms with E-state index in [1.807, 2.05) is 0 Å². The normalized spacial score (nSPS) is 38.7. The molecule has 2 nitrogen and oxygen atoms in total. The zero-order valence-corrected chi connectivity index (χ0v) is 9.63. The third-order valence-corrected chi connectivity index (χ3v) is 4.70. The van der Waals surface area contributed by atoms with Crippen molar-refractivity contribution < 1.29 is 4.74 Å². The quantitative estimate of drug-likeness (QED) is 0.852. The minimum Gasteiger partial charge on any atom is -0.374 e. The summed E-state index contributed by atoms with van der Waals surface area (Å²) in [5.41, 5.74) is 7.67. The molecule has 0 aliphatic carbocycles. The second kappa shape index (κ2) is 3.58. The molecular weight excluding hydrogens is 206 g/mol. The van der Waals surface area contributed by atoms with E-state index in [9.17, 15) is 0 Å². The molecule has 2 fully saturated rings. The van der Waals surface area contributed by atoms with Gasteiger partial charge >= 0.3 is 0 Å². The summed E-state index contributed by atoms with van der Waals surface area (Å²) < 4.78 is 5.95. The fourth-order valence-electron chi connectivity index (χ4n) is 3.16. The number of rotatable bonds is 3. The van der Waals surface area contributed by atoms with E-state index in [0.29, 0.717) is 12.2 Å². The Morgan fingerprint density at radius 3 is 3.00 bits per heavy atom. The Bertz CT molecular complexity index is 337. The lowest BCUT2D eigenvalue weighted by molar-refractivity contribution is 0.0637. The van der Waals surface area contributed by atoms with Gasteiger partial charge in [-0.1, -0.05) is 0 Å². The molecule has 3 heterocycles. The Kier molecular flexibility index (Phi) is 2.34. The molecule has 2 saturated heterocycles. The summed E-state index contributed by atoms with van der Waals surface area (Å²) in [6.45, 7) is 0.768. The highest BCUT2D eigenvalue weighted by atomic mass is 32.1. The van der Waals surface area contributed by atoms with Crippen molar-refractivity contribution in [3.05, 3.63) is 22.4 Å². The van der Waals surface area contributed by atoms with Gasteiger partial charge in [0.15, 0.2) is 0 Å². The van der Waals surface area contributed by atoms with Gasteiger partial charge in [-0.15, -0.1) is 0 Å². The lowest BCUT2D eigenvalue weighted by atomic mass is 9.70. The Morgan fingerprint density at radius 1 is 1.53 bits per heavy atom. The molecule has 2 aliphatic heterocycles. The minimum atomic E-state index is 0.240. The Labute approximate surface area is 94.4 Å². The Morgan fingerprint density at radius 2 is 2.47 bits per heavy atom. The summed E-state index contributed by atoms with van der Waals surface area (Å²) in [6.07, 6.45) is 5.66. The Hall–Kier alpha value is -0.380. The molecule has 0 spiro atoms. The van der Waals surface area contributed by atoms with Crippen molar-refractivity contribution in [2.75, 3.05) is 6.54 Å². The third kappa shape index (κ3) is 1.53. The fourth-order valence-corrected chi connectivity index (χ4v) is 3.83. The van der Waals surface area contributed by atoms with Crippen molar-refractivity contribution >= 4 is 11.3 Å². The average molecular weight is 223 g/mol. The predicted molar refractivity (Wildman–Crippen MR) is 62.0 cm³/mol. The SMILES string of the molecule is NCC1(Cc2ccsc2)CC2CCC1O2. The standard InChI is InChI=1S/C12H17NOS/c13-8-12(5-9-3-4-15-7-9)6-10-1-2-11(12)14-10/h3-4,7,10-11H,1-2,5-6,8,13H2. The number of ether oxygens (including phenoxy) is 1. The van der Waals surface area contributed by atoms with Crippen LogP contribution in [0.4, 0.5) is 0 Å². The maximum atomic E-state index is 6.00. The summed E-state index contributed by atoms with van der Waals surface area (Å²) in [6, 6.07) is 2.22. The molecule has 0 radical (unpaired) electrons. The first-order valence-electron chi connectivity index (χ1n) is 5.69. The van der Waals surface area contributed by atoms with Crippen LogP contribution in [0.15, 0.2) is 16.8 Å². The second-order valence-electron chi connectivity index (χ2n) is 4.90. The highest BCUT2D eigenvalue weighted by Gasteiger charge is 2.51. The van der Waals surface area contributed by atoms with E-state index in [1.54, 1.807) is 11.3 Å². The van der Waals surface area contributed by atoms with Gasteiger partial charge in [-0.2, -0.15) is 11.3 Å². The van der Waals surface area contributed by atoms with Crippen LogP contribution in [-0.2, 0) is 11.2 Å².